The summed E-state index contributed by atoms with van der Waals surface area (Å²) in [5.41, 5.74) is 1.26. The third-order valence-electron chi connectivity index (χ3n) is 2.74. The van der Waals surface area contributed by atoms with Crippen LogP contribution in [0.15, 0.2) is 42.5 Å². The van der Waals surface area contributed by atoms with Crippen LogP contribution < -0.4 is 14.8 Å². The highest BCUT2D eigenvalue weighted by Crippen LogP contribution is 2.24. The van der Waals surface area contributed by atoms with Crippen molar-refractivity contribution in [2.24, 2.45) is 0 Å². The first-order valence-electron chi connectivity index (χ1n) is 5.93. The topological polar surface area (TPSA) is 47.6 Å². The first-order chi connectivity index (χ1) is 9.63. The predicted molar refractivity (Wildman–Crippen MR) is 86.7 cm³/mol. The van der Waals surface area contributed by atoms with Crippen molar-refractivity contribution in [3.05, 3.63) is 51.6 Å². The molecule has 0 heterocycles. The number of nitrogens with one attached hydrogen (secondary N) is 1. The Balaban J connectivity index is 2.27. The maximum atomic E-state index is 12.3. The van der Waals surface area contributed by atoms with E-state index in [1.165, 1.54) is 0 Å². The number of carbonyl (C=O) groups is 1. The van der Waals surface area contributed by atoms with E-state index in [2.05, 4.69) is 27.9 Å². The highest BCUT2D eigenvalue weighted by molar-refractivity contribution is 14.1. The number of benzene rings is 2. The fourth-order valence-corrected chi connectivity index (χ4v) is 2.22. The van der Waals surface area contributed by atoms with Gasteiger partial charge in [-0.25, -0.2) is 0 Å². The van der Waals surface area contributed by atoms with Gasteiger partial charge in [0.25, 0.3) is 5.91 Å². The van der Waals surface area contributed by atoms with Crippen LogP contribution in [-0.4, -0.2) is 20.1 Å². The quantitative estimate of drug-likeness (QED) is 0.822. The Bertz CT molecular complexity index is 606. The molecule has 0 radical (unpaired) electrons. The van der Waals surface area contributed by atoms with Gasteiger partial charge < -0.3 is 14.8 Å². The van der Waals surface area contributed by atoms with E-state index in [9.17, 15) is 4.79 Å². The Kier molecular flexibility index (Phi) is 4.84. The van der Waals surface area contributed by atoms with Gasteiger partial charge in [0.2, 0.25) is 0 Å². The molecule has 20 heavy (non-hydrogen) atoms. The zero-order valence-electron chi connectivity index (χ0n) is 11.1. The van der Waals surface area contributed by atoms with Crippen LogP contribution in [0.3, 0.4) is 0 Å². The minimum atomic E-state index is -0.202. The van der Waals surface area contributed by atoms with Crippen LogP contribution in [0, 0.1) is 3.57 Å². The van der Waals surface area contributed by atoms with Crippen LogP contribution in [0.5, 0.6) is 11.5 Å². The molecule has 2 aromatic rings. The molecule has 0 aliphatic rings. The van der Waals surface area contributed by atoms with Gasteiger partial charge in [-0.2, -0.15) is 0 Å². The molecule has 0 fully saturated rings. The number of anilines is 1. The lowest BCUT2D eigenvalue weighted by molar-refractivity contribution is 0.102. The molecule has 0 saturated heterocycles. The number of ether oxygens (including phenoxy) is 2. The largest absolute Gasteiger partial charge is 0.497 e. The van der Waals surface area contributed by atoms with Crippen LogP contribution >= 0.6 is 22.6 Å². The molecule has 0 saturated carbocycles. The molecule has 4 nitrogen and oxygen atoms in total. The second-order valence-corrected chi connectivity index (χ2v) is 5.20. The van der Waals surface area contributed by atoms with Crippen molar-refractivity contribution in [2.75, 3.05) is 19.5 Å². The molecule has 1 N–H and O–H groups in total. The fraction of sp³-hybridized carbons (Fsp3) is 0.133. The van der Waals surface area contributed by atoms with Gasteiger partial charge in [0.05, 0.1) is 19.9 Å². The van der Waals surface area contributed by atoms with Gasteiger partial charge in [0, 0.05) is 15.2 Å². The van der Waals surface area contributed by atoms with Gasteiger partial charge in [0.1, 0.15) is 11.5 Å². The smallest absolute Gasteiger partial charge is 0.255 e. The molecule has 0 spiro atoms. The minimum absolute atomic E-state index is 0.202. The summed E-state index contributed by atoms with van der Waals surface area (Å²) in [4.78, 5) is 12.3. The summed E-state index contributed by atoms with van der Waals surface area (Å²) in [7, 11) is 3.10. The molecule has 0 aromatic heterocycles. The molecule has 0 bridgehead atoms. The van der Waals surface area contributed by atoms with Crippen LogP contribution in [-0.2, 0) is 0 Å². The average Bonchev–Trinajstić information content (AvgIpc) is 2.48. The highest BCUT2D eigenvalue weighted by Gasteiger charge is 2.11. The maximum absolute atomic E-state index is 12.3. The standard InChI is InChI=1S/C15H14INO3/c1-19-11-7-10(8-12(9-11)20-2)15(18)17-14-6-4-3-5-13(14)16/h3-9H,1-2H3,(H,17,18). The Labute approximate surface area is 131 Å². The van der Waals surface area contributed by atoms with E-state index in [0.717, 1.165) is 9.26 Å². The van der Waals surface area contributed by atoms with E-state index in [0.29, 0.717) is 17.1 Å². The molecule has 2 rings (SSSR count). The second kappa shape index (κ2) is 6.60. The average molecular weight is 383 g/mol. The molecule has 0 unspecified atom stereocenters. The summed E-state index contributed by atoms with van der Waals surface area (Å²) < 4.78 is 11.3. The number of hydrogen-bond donors (Lipinski definition) is 1. The van der Waals surface area contributed by atoms with E-state index in [1.807, 2.05) is 24.3 Å². The van der Waals surface area contributed by atoms with E-state index >= 15 is 0 Å². The van der Waals surface area contributed by atoms with Crippen molar-refractivity contribution in [1.29, 1.82) is 0 Å². The lowest BCUT2D eigenvalue weighted by Gasteiger charge is -2.10. The number of carbonyl (C=O) groups excluding carboxylic acids is 1. The van der Waals surface area contributed by atoms with Crippen LogP contribution in [0.25, 0.3) is 0 Å². The zero-order valence-corrected chi connectivity index (χ0v) is 13.3. The number of methoxy groups -OCH3 is 2. The molecule has 2 aromatic carbocycles. The van der Waals surface area contributed by atoms with Crippen molar-refractivity contribution in [1.82, 2.24) is 0 Å². The van der Waals surface area contributed by atoms with Crippen molar-refractivity contribution in [3.63, 3.8) is 0 Å². The molecule has 0 atom stereocenters. The first-order valence-corrected chi connectivity index (χ1v) is 7.01. The van der Waals surface area contributed by atoms with Crippen molar-refractivity contribution in [2.45, 2.75) is 0 Å². The normalized spacial score (nSPS) is 9.95. The highest BCUT2D eigenvalue weighted by atomic mass is 127. The lowest BCUT2D eigenvalue weighted by Crippen LogP contribution is -2.13. The molecule has 1 amide bonds. The maximum Gasteiger partial charge on any atom is 0.255 e. The summed E-state index contributed by atoms with van der Waals surface area (Å²) in [5, 5.41) is 2.87. The SMILES string of the molecule is COc1cc(OC)cc(C(=O)Nc2ccccc2I)c1. The monoisotopic (exact) mass is 383 g/mol. The fourth-order valence-electron chi connectivity index (χ4n) is 1.70. The summed E-state index contributed by atoms with van der Waals surface area (Å²) >= 11 is 2.18. The number of hydrogen-bond acceptors (Lipinski definition) is 3. The predicted octanol–water partition coefficient (Wildman–Crippen LogP) is 3.56. The minimum Gasteiger partial charge on any atom is -0.497 e. The number of rotatable bonds is 4. The molecule has 5 heteroatoms. The summed E-state index contributed by atoms with van der Waals surface area (Å²) in [6.07, 6.45) is 0. The van der Waals surface area contributed by atoms with Crippen LogP contribution in [0.4, 0.5) is 5.69 Å². The van der Waals surface area contributed by atoms with Crippen molar-refractivity contribution in [3.8, 4) is 11.5 Å². The summed E-state index contributed by atoms with van der Waals surface area (Å²) in [6, 6.07) is 12.7. The molecule has 0 aliphatic carbocycles. The van der Waals surface area contributed by atoms with Gasteiger partial charge in [0.15, 0.2) is 0 Å². The van der Waals surface area contributed by atoms with E-state index in [4.69, 9.17) is 9.47 Å². The van der Waals surface area contributed by atoms with Gasteiger partial charge in [-0.15, -0.1) is 0 Å². The Morgan fingerprint density at radius 1 is 1.05 bits per heavy atom. The van der Waals surface area contributed by atoms with Crippen molar-refractivity contribution >= 4 is 34.2 Å². The molecule has 0 aliphatic heterocycles. The van der Waals surface area contributed by atoms with Gasteiger partial charge >= 0.3 is 0 Å². The van der Waals surface area contributed by atoms with Gasteiger partial charge in [-0.3, -0.25) is 4.79 Å². The number of amides is 1. The van der Waals surface area contributed by atoms with E-state index < -0.39 is 0 Å². The first kappa shape index (κ1) is 14.6. The summed E-state index contributed by atoms with van der Waals surface area (Å²) in [5.74, 6) is 0.959. The molecular weight excluding hydrogens is 369 g/mol. The molecular formula is C15H14INO3. The van der Waals surface area contributed by atoms with Gasteiger partial charge in [-0.05, 0) is 46.9 Å². The third kappa shape index (κ3) is 3.41. The Morgan fingerprint density at radius 3 is 2.20 bits per heavy atom. The van der Waals surface area contributed by atoms with Crippen LogP contribution in [0.2, 0.25) is 0 Å². The summed E-state index contributed by atoms with van der Waals surface area (Å²) in [6.45, 7) is 0. The Hall–Kier alpha value is -1.76. The van der Waals surface area contributed by atoms with Gasteiger partial charge in [-0.1, -0.05) is 12.1 Å². The Morgan fingerprint density at radius 2 is 1.65 bits per heavy atom. The number of para-hydroxylation sites is 1. The lowest BCUT2D eigenvalue weighted by atomic mass is 10.2. The van der Waals surface area contributed by atoms with E-state index in [1.54, 1.807) is 32.4 Å². The van der Waals surface area contributed by atoms with Crippen molar-refractivity contribution < 1.29 is 14.3 Å². The van der Waals surface area contributed by atoms with E-state index in [-0.39, 0.29) is 5.91 Å². The second-order valence-electron chi connectivity index (χ2n) is 4.04. The molecule has 104 valence electrons. The van der Waals surface area contributed by atoms with Crippen LogP contribution in [0.1, 0.15) is 10.4 Å². The zero-order chi connectivity index (χ0) is 14.5. The third-order valence-corrected chi connectivity index (χ3v) is 3.68. The number of halogens is 1.